The van der Waals surface area contributed by atoms with E-state index in [1.165, 1.54) is 5.56 Å². The molecule has 0 bridgehead atoms. The van der Waals surface area contributed by atoms with Crippen LogP contribution in [0.5, 0.6) is 0 Å². The van der Waals surface area contributed by atoms with E-state index >= 15 is 0 Å². The van der Waals surface area contributed by atoms with Gasteiger partial charge in [0.2, 0.25) is 0 Å². The van der Waals surface area contributed by atoms with Gasteiger partial charge in [0.1, 0.15) is 0 Å². The summed E-state index contributed by atoms with van der Waals surface area (Å²) < 4.78 is 1.99. The van der Waals surface area contributed by atoms with E-state index in [0.717, 1.165) is 23.8 Å². The Hall–Kier alpha value is -1.57. The summed E-state index contributed by atoms with van der Waals surface area (Å²) in [6, 6.07) is 5.78. The lowest BCUT2D eigenvalue weighted by molar-refractivity contribution is 0.112. The number of aldehydes is 1. The summed E-state index contributed by atoms with van der Waals surface area (Å²) >= 11 is 0. The van der Waals surface area contributed by atoms with E-state index in [1.54, 1.807) is 0 Å². The number of aryl methyl sites for hydroxylation is 1. The highest BCUT2D eigenvalue weighted by atomic mass is 16.1. The fourth-order valence-electron chi connectivity index (χ4n) is 1.51. The van der Waals surface area contributed by atoms with Crippen molar-refractivity contribution in [3.8, 4) is 0 Å². The highest BCUT2D eigenvalue weighted by Gasteiger charge is 2.01. The lowest BCUT2D eigenvalue weighted by atomic mass is 10.2. The molecule has 2 aromatic heterocycles. The molecule has 0 fully saturated rings. The smallest absolute Gasteiger partial charge is 0.152 e. The monoisotopic (exact) mass is 173 g/mol. The van der Waals surface area contributed by atoms with E-state index in [2.05, 4.69) is 19.2 Å². The van der Waals surface area contributed by atoms with Gasteiger partial charge in [-0.2, -0.15) is 0 Å². The first-order chi connectivity index (χ1) is 6.35. The number of pyridine rings is 1. The third-order valence-electron chi connectivity index (χ3n) is 2.26. The number of carbonyl (C=O) groups excluding carboxylic acids is 1. The minimum Gasteiger partial charge on any atom is -0.323 e. The van der Waals surface area contributed by atoms with Gasteiger partial charge < -0.3 is 4.40 Å². The van der Waals surface area contributed by atoms with Crippen LogP contribution in [0.15, 0.2) is 30.6 Å². The quantitative estimate of drug-likeness (QED) is 0.638. The molecule has 2 rings (SSSR count). The molecule has 2 heterocycles. The number of fused-ring (bicyclic) bond motifs is 1. The minimum atomic E-state index is 0.752. The topological polar surface area (TPSA) is 21.5 Å². The van der Waals surface area contributed by atoms with E-state index in [4.69, 9.17) is 0 Å². The Bertz CT molecular complexity index is 442. The summed E-state index contributed by atoms with van der Waals surface area (Å²) in [7, 11) is 0. The van der Waals surface area contributed by atoms with Crippen molar-refractivity contribution in [3.63, 3.8) is 0 Å². The van der Waals surface area contributed by atoms with Gasteiger partial charge in [0.15, 0.2) is 6.29 Å². The van der Waals surface area contributed by atoms with Gasteiger partial charge in [0, 0.05) is 18.0 Å². The van der Waals surface area contributed by atoms with Gasteiger partial charge in [-0.15, -0.1) is 0 Å². The molecule has 0 N–H and O–H groups in total. The predicted octanol–water partition coefficient (Wildman–Crippen LogP) is 2.31. The molecule has 0 aromatic carbocycles. The first-order valence-corrected chi connectivity index (χ1v) is 4.40. The van der Waals surface area contributed by atoms with Crippen molar-refractivity contribution in [3.05, 3.63) is 41.7 Å². The molecular formula is C11H11NO. The van der Waals surface area contributed by atoms with Crippen molar-refractivity contribution in [2.75, 3.05) is 0 Å². The molecule has 0 amide bonds. The van der Waals surface area contributed by atoms with Crippen LogP contribution in [0.3, 0.4) is 0 Å². The van der Waals surface area contributed by atoms with Gasteiger partial charge in [0.25, 0.3) is 0 Å². The number of aromatic nitrogens is 1. The van der Waals surface area contributed by atoms with Crippen LogP contribution in [0.2, 0.25) is 0 Å². The van der Waals surface area contributed by atoms with Gasteiger partial charge in [0.05, 0.1) is 5.52 Å². The number of hydrogen-bond donors (Lipinski definition) is 0. The summed E-state index contributed by atoms with van der Waals surface area (Å²) in [6.07, 6.45) is 5.92. The summed E-state index contributed by atoms with van der Waals surface area (Å²) in [5, 5.41) is 0. The fourth-order valence-corrected chi connectivity index (χ4v) is 1.51. The molecule has 2 nitrogen and oxygen atoms in total. The first kappa shape index (κ1) is 8.05. The molecule has 13 heavy (non-hydrogen) atoms. The summed E-state index contributed by atoms with van der Waals surface area (Å²) in [5.74, 6) is 0. The van der Waals surface area contributed by atoms with Crippen LogP contribution in [-0.2, 0) is 6.42 Å². The third kappa shape index (κ3) is 1.24. The van der Waals surface area contributed by atoms with Crippen LogP contribution in [0.1, 0.15) is 22.8 Å². The van der Waals surface area contributed by atoms with Crippen molar-refractivity contribution in [2.24, 2.45) is 0 Å². The maximum Gasteiger partial charge on any atom is 0.152 e. The molecule has 0 aliphatic rings. The number of rotatable bonds is 2. The van der Waals surface area contributed by atoms with Crippen molar-refractivity contribution in [1.29, 1.82) is 0 Å². The highest BCUT2D eigenvalue weighted by Crippen LogP contribution is 2.13. The van der Waals surface area contributed by atoms with E-state index in [0.29, 0.717) is 0 Å². The van der Waals surface area contributed by atoms with Crippen molar-refractivity contribution in [1.82, 2.24) is 4.40 Å². The lowest BCUT2D eigenvalue weighted by Crippen LogP contribution is -1.86. The summed E-state index contributed by atoms with van der Waals surface area (Å²) in [6.45, 7) is 2.11. The average molecular weight is 173 g/mol. The number of carbonyl (C=O) groups is 1. The van der Waals surface area contributed by atoms with Crippen LogP contribution >= 0.6 is 0 Å². The van der Waals surface area contributed by atoms with Gasteiger partial charge >= 0.3 is 0 Å². The summed E-state index contributed by atoms with van der Waals surface area (Å²) in [5.41, 5.74) is 3.01. The molecule has 0 unspecified atom stereocenters. The molecule has 66 valence electrons. The Kier molecular flexibility index (Phi) is 1.89. The van der Waals surface area contributed by atoms with Crippen LogP contribution in [0, 0.1) is 0 Å². The van der Waals surface area contributed by atoms with Gasteiger partial charge in [-0.25, -0.2) is 0 Å². The predicted molar refractivity (Wildman–Crippen MR) is 52.2 cm³/mol. The molecule has 0 atom stereocenters. The molecule has 0 saturated carbocycles. The van der Waals surface area contributed by atoms with Crippen molar-refractivity contribution >= 4 is 11.8 Å². The molecule has 2 aromatic rings. The van der Waals surface area contributed by atoms with E-state index < -0.39 is 0 Å². The maximum absolute atomic E-state index is 10.7. The average Bonchev–Trinajstić information content (AvgIpc) is 2.59. The first-order valence-electron chi connectivity index (χ1n) is 4.40. The normalized spacial score (nSPS) is 10.5. The maximum atomic E-state index is 10.7. The van der Waals surface area contributed by atoms with E-state index in [9.17, 15) is 4.79 Å². The summed E-state index contributed by atoms with van der Waals surface area (Å²) in [4.78, 5) is 10.7. The molecule has 0 saturated heterocycles. The molecule has 0 aliphatic carbocycles. The minimum absolute atomic E-state index is 0.752. The second-order valence-corrected chi connectivity index (χ2v) is 3.08. The van der Waals surface area contributed by atoms with Gasteiger partial charge in [-0.1, -0.05) is 6.92 Å². The third-order valence-corrected chi connectivity index (χ3v) is 2.26. The van der Waals surface area contributed by atoms with Crippen LogP contribution in [0.4, 0.5) is 0 Å². The van der Waals surface area contributed by atoms with E-state index in [1.807, 2.05) is 22.7 Å². The Morgan fingerprint density at radius 1 is 1.54 bits per heavy atom. The van der Waals surface area contributed by atoms with Crippen LogP contribution in [-0.4, -0.2) is 10.7 Å². The van der Waals surface area contributed by atoms with Gasteiger partial charge in [-0.05, 0) is 30.2 Å². The standard InChI is InChI=1S/C11H11NO/c1-2-9-6-11-10(8-13)4-3-5-12(11)7-9/h3-8H,2H2,1H3. The van der Waals surface area contributed by atoms with Crippen LogP contribution in [0.25, 0.3) is 5.52 Å². The second kappa shape index (κ2) is 3.05. The zero-order chi connectivity index (χ0) is 9.26. The largest absolute Gasteiger partial charge is 0.323 e. The van der Waals surface area contributed by atoms with Crippen molar-refractivity contribution in [2.45, 2.75) is 13.3 Å². The van der Waals surface area contributed by atoms with Gasteiger partial charge in [-0.3, -0.25) is 4.79 Å². The zero-order valence-electron chi connectivity index (χ0n) is 7.53. The number of hydrogen-bond acceptors (Lipinski definition) is 1. The Balaban J connectivity index is 2.74. The highest BCUT2D eigenvalue weighted by molar-refractivity contribution is 5.86. The SMILES string of the molecule is CCc1cc2c(C=O)cccn2c1. The number of nitrogens with zero attached hydrogens (tertiary/aromatic N) is 1. The Labute approximate surface area is 76.8 Å². The Morgan fingerprint density at radius 3 is 3.08 bits per heavy atom. The molecule has 0 aliphatic heterocycles. The lowest BCUT2D eigenvalue weighted by Gasteiger charge is -1.94. The fraction of sp³-hybridized carbons (Fsp3) is 0.182. The zero-order valence-corrected chi connectivity index (χ0v) is 7.53. The molecule has 2 heteroatoms. The molecular weight excluding hydrogens is 162 g/mol. The molecule has 0 radical (unpaired) electrons. The van der Waals surface area contributed by atoms with Crippen molar-refractivity contribution < 1.29 is 4.79 Å². The van der Waals surface area contributed by atoms with Crippen LogP contribution < -0.4 is 0 Å². The molecule has 0 spiro atoms. The Morgan fingerprint density at radius 2 is 2.38 bits per heavy atom. The van der Waals surface area contributed by atoms with E-state index in [-0.39, 0.29) is 0 Å². The second-order valence-electron chi connectivity index (χ2n) is 3.08.